The summed E-state index contributed by atoms with van der Waals surface area (Å²) in [4.78, 5) is 16.8. The summed E-state index contributed by atoms with van der Waals surface area (Å²) < 4.78 is 5.53. The number of nitrogens with zero attached hydrogens (tertiary/aromatic N) is 2. The van der Waals surface area contributed by atoms with E-state index in [9.17, 15) is 4.79 Å². The van der Waals surface area contributed by atoms with Crippen LogP contribution in [0.5, 0.6) is 0 Å². The van der Waals surface area contributed by atoms with Gasteiger partial charge in [-0.1, -0.05) is 0 Å². The number of ether oxygens (including phenoxy) is 1. The number of amides is 1. The average Bonchev–Trinajstić information content (AvgIpc) is 2.26. The molecule has 1 rings (SSSR count). The molecule has 0 aliphatic heterocycles. The number of likely N-dealkylation sites (N-methyl/N-ethyl adjacent to an activating group) is 1. The lowest BCUT2D eigenvalue weighted by Gasteiger charge is -2.14. The first-order valence-corrected chi connectivity index (χ1v) is 5.32. The van der Waals surface area contributed by atoms with Crippen molar-refractivity contribution < 1.29 is 9.53 Å². The molecule has 4 nitrogen and oxygen atoms in total. The van der Waals surface area contributed by atoms with Crippen LogP contribution in [0, 0.1) is 0 Å². The monoisotopic (exact) mass is 272 g/mol. The molecule has 1 aromatic heterocycles. The Bertz CT molecular complexity index is 327. The minimum absolute atomic E-state index is 0.327. The van der Waals surface area contributed by atoms with Gasteiger partial charge in [0.05, 0.1) is 7.11 Å². The summed E-state index contributed by atoms with van der Waals surface area (Å²) in [6.45, 7) is 0.599. The molecule has 0 saturated carbocycles. The number of pyridine rings is 1. The van der Waals surface area contributed by atoms with E-state index in [0.717, 1.165) is 16.6 Å². The van der Waals surface area contributed by atoms with E-state index in [1.807, 2.05) is 12.1 Å². The third-order valence-corrected chi connectivity index (χ3v) is 2.45. The average molecular weight is 273 g/mol. The zero-order chi connectivity index (χ0) is 11.3. The summed E-state index contributed by atoms with van der Waals surface area (Å²) in [5, 5.41) is 0. The highest BCUT2D eigenvalue weighted by Crippen LogP contribution is 2.07. The molecule has 1 aromatic rings. The molecule has 0 unspecified atom stereocenters. The van der Waals surface area contributed by atoms with Gasteiger partial charge in [-0.05, 0) is 28.1 Å². The number of halogens is 1. The Morgan fingerprint density at radius 2 is 2.33 bits per heavy atom. The lowest BCUT2D eigenvalue weighted by molar-refractivity contribution is 0.134. The third kappa shape index (κ3) is 3.87. The van der Waals surface area contributed by atoms with Crippen molar-refractivity contribution in [2.24, 2.45) is 0 Å². The van der Waals surface area contributed by atoms with Gasteiger partial charge in [0, 0.05) is 36.4 Å². The molecular formula is C10H13BrN2O2. The maximum absolute atomic E-state index is 11.1. The molecule has 15 heavy (non-hydrogen) atoms. The van der Waals surface area contributed by atoms with Crippen molar-refractivity contribution in [1.29, 1.82) is 0 Å². The second-order valence-corrected chi connectivity index (χ2v) is 4.03. The van der Waals surface area contributed by atoms with E-state index < -0.39 is 0 Å². The van der Waals surface area contributed by atoms with E-state index >= 15 is 0 Å². The fraction of sp³-hybridized carbons (Fsp3) is 0.400. The van der Waals surface area contributed by atoms with Crippen LogP contribution in [0.3, 0.4) is 0 Å². The first-order valence-electron chi connectivity index (χ1n) is 4.53. The summed E-state index contributed by atoms with van der Waals surface area (Å²) >= 11 is 3.31. The predicted octanol–water partition coefficient (Wildman–Crippen LogP) is 2.08. The van der Waals surface area contributed by atoms with Crippen LogP contribution >= 0.6 is 15.9 Å². The number of hydrogen-bond donors (Lipinski definition) is 0. The normalized spacial score (nSPS) is 9.80. The molecule has 0 saturated heterocycles. The molecule has 0 spiro atoms. The second kappa shape index (κ2) is 5.70. The summed E-state index contributed by atoms with van der Waals surface area (Å²) in [5.41, 5.74) is 0.953. The second-order valence-electron chi connectivity index (χ2n) is 3.11. The van der Waals surface area contributed by atoms with Gasteiger partial charge in [-0.2, -0.15) is 0 Å². The highest BCUT2D eigenvalue weighted by molar-refractivity contribution is 9.10. The smallest absolute Gasteiger partial charge is 0.409 e. The quantitative estimate of drug-likeness (QED) is 0.846. The molecule has 0 bridgehead atoms. The predicted molar refractivity (Wildman–Crippen MR) is 60.7 cm³/mol. The Hall–Kier alpha value is -1.10. The van der Waals surface area contributed by atoms with Crippen molar-refractivity contribution in [2.45, 2.75) is 6.42 Å². The highest BCUT2D eigenvalue weighted by Gasteiger charge is 2.07. The first kappa shape index (κ1) is 12.0. The molecule has 82 valence electrons. The van der Waals surface area contributed by atoms with Crippen LogP contribution in [0.15, 0.2) is 22.8 Å². The molecule has 0 aromatic carbocycles. The van der Waals surface area contributed by atoms with Gasteiger partial charge < -0.3 is 9.64 Å². The maximum atomic E-state index is 11.1. The molecule has 0 fully saturated rings. The zero-order valence-electron chi connectivity index (χ0n) is 8.74. The van der Waals surface area contributed by atoms with Crippen molar-refractivity contribution >= 4 is 22.0 Å². The van der Waals surface area contributed by atoms with E-state index in [0.29, 0.717) is 6.54 Å². The molecule has 0 aliphatic carbocycles. The van der Waals surface area contributed by atoms with E-state index in [1.165, 1.54) is 12.0 Å². The molecule has 0 atom stereocenters. The van der Waals surface area contributed by atoms with Crippen molar-refractivity contribution in [3.8, 4) is 0 Å². The summed E-state index contributed by atoms with van der Waals surface area (Å²) in [5.74, 6) is 0. The van der Waals surface area contributed by atoms with Crippen molar-refractivity contribution in [3.05, 3.63) is 28.5 Å². The fourth-order valence-electron chi connectivity index (χ4n) is 1.08. The Labute approximate surface area is 97.4 Å². The number of methoxy groups -OCH3 is 1. The Morgan fingerprint density at radius 1 is 1.60 bits per heavy atom. The molecule has 0 N–H and O–H groups in total. The molecule has 1 amide bonds. The molecular weight excluding hydrogens is 260 g/mol. The van der Waals surface area contributed by atoms with Crippen LogP contribution in [0.1, 0.15) is 5.69 Å². The van der Waals surface area contributed by atoms with Crippen LogP contribution in [-0.4, -0.2) is 36.7 Å². The first-order chi connectivity index (χ1) is 7.13. The van der Waals surface area contributed by atoms with Crippen LogP contribution in [0.4, 0.5) is 4.79 Å². The topological polar surface area (TPSA) is 42.4 Å². The van der Waals surface area contributed by atoms with Crippen molar-refractivity contribution in [1.82, 2.24) is 9.88 Å². The van der Waals surface area contributed by atoms with Gasteiger partial charge >= 0.3 is 6.09 Å². The molecule has 1 heterocycles. The third-order valence-electron chi connectivity index (χ3n) is 1.98. The lowest BCUT2D eigenvalue weighted by atomic mass is 10.2. The Morgan fingerprint density at radius 3 is 2.87 bits per heavy atom. The molecule has 0 aliphatic rings. The number of hydrogen-bond acceptors (Lipinski definition) is 3. The van der Waals surface area contributed by atoms with Crippen molar-refractivity contribution in [2.75, 3.05) is 20.7 Å². The number of rotatable bonds is 3. The zero-order valence-corrected chi connectivity index (χ0v) is 10.3. The fourth-order valence-corrected chi connectivity index (χ4v) is 1.32. The number of carbonyl (C=O) groups excluding carboxylic acids is 1. The standard InChI is InChI=1S/C10H13BrN2O2/c1-13(10(14)15-2)6-5-9-4-3-8(11)7-12-9/h3-4,7H,5-6H2,1-2H3. The largest absolute Gasteiger partial charge is 0.453 e. The summed E-state index contributed by atoms with van der Waals surface area (Å²) in [6, 6.07) is 3.86. The van der Waals surface area contributed by atoms with Gasteiger partial charge in [0.15, 0.2) is 0 Å². The van der Waals surface area contributed by atoms with E-state index in [1.54, 1.807) is 13.2 Å². The minimum Gasteiger partial charge on any atom is -0.453 e. The molecule has 0 radical (unpaired) electrons. The van der Waals surface area contributed by atoms with Crippen molar-refractivity contribution in [3.63, 3.8) is 0 Å². The van der Waals surface area contributed by atoms with Crippen LogP contribution in [0.25, 0.3) is 0 Å². The van der Waals surface area contributed by atoms with Crippen LogP contribution in [-0.2, 0) is 11.2 Å². The Balaban J connectivity index is 2.43. The molecule has 5 heteroatoms. The van der Waals surface area contributed by atoms with E-state index in [4.69, 9.17) is 0 Å². The van der Waals surface area contributed by atoms with Gasteiger partial charge in [0.25, 0.3) is 0 Å². The SMILES string of the molecule is COC(=O)N(C)CCc1ccc(Br)cn1. The van der Waals surface area contributed by atoms with Gasteiger partial charge in [0.2, 0.25) is 0 Å². The van der Waals surface area contributed by atoms with Gasteiger partial charge in [-0.25, -0.2) is 4.79 Å². The van der Waals surface area contributed by atoms with Gasteiger partial charge in [-0.3, -0.25) is 4.98 Å². The van der Waals surface area contributed by atoms with E-state index in [2.05, 4.69) is 25.7 Å². The van der Waals surface area contributed by atoms with Gasteiger partial charge in [0.1, 0.15) is 0 Å². The maximum Gasteiger partial charge on any atom is 0.409 e. The lowest BCUT2D eigenvalue weighted by Crippen LogP contribution is -2.28. The van der Waals surface area contributed by atoms with Crippen LogP contribution in [0.2, 0.25) is 0 Å². The number of carbonyl (C=O) groups is 1. The number of aromatic nitrogens is 1. The van der Waals surface area contributed by atoms with E-state index in [-0.39, 0.29) is 6.09 Å². The highest BCUT2D eigenvalue weighted by atomic mass is 79.9. The summed E-state index contributed by atoms with van der Waals surface area (Å²) in [6.07, 6.45) is 2.14. The van der Waals surface area contributed by atoms with Gasteiger partial charge in [-0.15, -0.1) is 0 Å². The summed E-state index contributed by atoms with van der Waals surface area (Å²) in [7, 11) is 3.07. The Kier molecular flexibility index (Phi) is 4.55. The minimum atomic E-state index is -0.327. The van der Waals surface area contributed by atoms with Crippen LogP contribution < -0.4 is 0 Å².